The van der Waals surface area contributed by atoms with E-state index in [0.29, 0.717) is 5.69 Å². The van der Waals surface area contributed by atoms with Crippen LogP contribution < -0.4 is 20.1 Å². The lowest BCUT2D eigenvalue weighted by molar-refractivity contribution is -0.153. The third-order valence-corrected chi connectivity index (χ3v) is 4.15. The summed E-state index contributed by atoms with van der Waals surface area (Å²) >= 11 is 5.12. The second kappa shape index (κ2) is 11.9. The first-order valence-corrected chi connectivity index (χ1v) is 10.2. The zero-order valence-corrected chi connectivity index (χ0v) is 18.7. The predicted octanol–water partition coefficient (Wildman–Crippen LogP) is 5.89. The number of anilines is 2. The van der Waals surface area contributed by atoms with Gasteiger partial charge in [0.15, 0.2) is 18.3 Å². The Morgan fingerprint density at radius 2 is 1.46 bits per heavy atom. The fraction of sp³-hybridized carbons (Fsp3) is 0.333. The summed E-state index contributed by atoms with van der Waals surface area (Å²) in [4.78, 5) is 11.7. The molecular formula is C21H19F7N2O4S. The van der Waals surface area contributed by atoms with Gasteiger partial charge >= 0.3 is 24.5 Å². The van der Waals surface area contributed by atoms with Gasteiger partial charge in [-0.05, 0) is 43.4 Å². The van der Waals surface area contributed by atoms with Crippen LogP contribution in [0.3, 0.4) is 0 Å². The minimum atomic E-state index is -4.69. The Labute approximate surface area is 200 Å². The summed E-state index contributed by atoms with van der Waals surface area (Å²) in [6.45, 7) is -1.56. The number of thiocarbonyl (C=S) groups is 1. The predicted molar refractivity (Wildman–Crippen MR) is 117 cm³/mol. The molecule has 6 nitrogen and oxygen atoms in total. The van der Waals surface area contributed by atoms with Crippen molar-refractivity contribution in [2.45, 2.75) is 25.4 Å². The quantitative estimate of drug-likeness (QED) is 0.226. The van der Waals surface area contributed by atoms with Gasteiger partial charge in [0, 0.05) is 29.6 Å². The molecule has 0 aliphatic heterocycles. The SMILES string of the molecule is CCOC(=O)c1ccc(NC(=S)Nc2cc(OCC(F)(F)F)cc(OCC(F)(F)C(F)F)c2)cc1. The van der Waals surface area contributed by atoms with E-state index >= 15 is 0 Å². The fourth-order valence-corrected chi connectivity index (χ4v) is 2.65. The molecular weight excluding hydrogens is 509 g/mol. The van der Waals surface area contributed by atoms with Crippen molar-refractivity contribution in [2.24, 2.45) is 0 Å². The number of halogens is 7. The lowest BCUT2D eigenvalue weighted by Gasteiger charge is -2.18. The number of rotatable bonds is 10. The monoisotopic (exact) mass is 528 g/mol. The highest BCUT2D eigenvalue weighted by Crippen LogP contribution is 2.30. The van der Waals surface area contributed by atoms with Crippen LogP contribution in [0.15, 0.2) is 42.5 Å². The van der Waals surface area contributed by atoms with E-state index in [1.54, 1.807) is 6.92 Å². The van der Waals surface area contributed by atoms with Crippen LogP contribution in [0, 0.1) is 0 Å². The minimum absolute atomic E-state index is 0.0410. The van der Waals surface area contributed by atoms with Crippen molar-refractivity contribution in [1.82, 2.24) is 0 Å². The summed E-state index contributed by atoms with van der Waals surface area (Å²) in [7, 11) is 0. The minimum Gasteiger partial charge on any atom is -0.487 e. The molecule has 0 heterocycles. The number of alkyl halides is 7. The second-order valence-corrected chi connectivity index (χ2v) is 7.23. The first-order chi connectivity index (χ1) is 16.3. The van der Waals surface area contributed by atoms with Crippen molar-refractivity contribution in [3.05, 3.63) is 48.0 Å². The molecule has 2 N–H and O–H groups in total. The molecule has 2 rings (SSSR count). The first kappa shape index (κ1) is 28.0. The van der Waals surface area contributed by atoms with Crippen LogP contribution in [0.5, 0.6) is 11.5 Å². The highest BCUT2D eigenvalue weighted by atomic mass is 32.1. The zero-order valence-electron chi connectivity index (χ0n) is 17.9. The number of carbonyl (C=O) groups is 1. The summed E-state index contributed by atoms with van der Waals surface area (Å²) < 4.78 is 103. The molecule has 0 fully saturated rings. The average Bonchev–Trinajstić information content (AvgIpc) is 2.76. The summed E-state index contributed by atoms with van der Waals surface area (Å²) in [5.41, 5.74) is 0.668. The number of ether oxygens (including phenoxy) is 3. The fourth-order valence-electron chi connectivity index (χ4n) is 2.42. The van der Waals surface area contributed by atoms with Gasteiger partial charge in [0.05, 0.1) is 12.2 Å². The lowest BCUT2D eigenvalue weighted by atomic mass is 10.2. The van der Waals surface area contributed by atoms with Gasteiger partial charge in [-0.2, -0.15) is 22.0 Å². The lowest BCUT2D eigenvalue weighted by Crippen LogP contribution is -2.33. The van der Waals surface area contributed by atoms with Gasteiger partial charge in [-0.3, -0.25) is 0 Å². The maximum Gasteiger partial charge on any atom is 0.422 e. The number of hydrogen-bond acceptors (Lipinski definition) is 5. The molecule has 14 heteroatoms. The van der Waals surface area contributed by atoms with Gasteiger partial charge in [-0.1, -0.05) is 0 Å². The summed E-state index contributed by atoms with van der Waals surface area (Å²) in [6, 6.07) is 8.89. The number of carbonyl (C=O) groups excluding carboxylic acids is 1. The Morgan fingerprint density at radius 1 is 0.914 bits per heavy atom. The second-order valence-electron chi connectivity index (χ2n) is 6.82. The largest absolute Gasteiger partial charge is 0.487 e. The highest BCUT2D eigenvalue weighted by Gasteiger charge is 2.41. The maximum atomic E-state index is 13.2. The highest BCUT2D eigenvalue weighted by molar-refractivity contribution is 7.80. The van der Waals surface area contributed by atoms with Gasteiger partial charge in [0.25, 0.3) is 0 Å². The molecule has 0 unspecified atom stereocenters. The van der Waals surface area contributed by atoms with E-state index in [2.05, 4.69) is 20.1 Å². The number of benzene rings is 2. The average molecular weight is 528 g/mol. The summed E-state index contributed by atoms with van der Waals surface area (Å²) in [5.74, 6) is -5.91. The molecule has 192 valence electrons. The first-order valence-electron chi connectivity index (χ1n) is 9.77. The van der Waals surface area contributed by atoms with E-state index in [9.17, 15) is 35.5 Å². The molecule has 0 bridgehead atoms. The Kier molecular flexibility index (Phi) is 9.51. The molecule has 0 spiro atoms. The van der Waals surface area contributed by atoms with Gasteiger partial charge < -0.3 is 24.8 Å². The van der Waals surface area contributed by atoms with Gasteiger partial charge in [0.1, 0.15) is 11.5 Å². The molecule has 0 saturated heterocycles. The zero-order chi connectivity index (χ0) is 26.2. The molecule has 0 amide bonds. The van der Waals surface area contributed by atoms with E-state index in [-0.39, 0.29) is 23.0 Å². The molecule has 0 radical (unpaired) electrons. The normalized spacial score (nSPS) is 11.7. The Bertz CT molecular complexity index is 1020. The Hall–Kier alpha value is -3.29. The van der Waals surface area contributed by atoms with E-state index in [1.807, 2.05) is 0 Å². The third-order valence-electron chi connectivity index (χ3n) is 3.94. The van der Waals surface area contributed by atoms with E-state index < -0.39 is 49.2 Å². The number of esters is 1. The van der Waals surface area contributed by atoms with Crippen molar-refractivity contribution in [3.63, 3.8) is 0 Å². The molecule has 0 saturated carbocycles. The molecule has 0 aliphatic carbocycles. The van der Waals surface area contributed by atoms with Crippen molar-refractivity contribution >= 4 is 34.7 Å². The molecule has 0 aliphatic rings. The van der Waals surface area contributed by atoms with Crippen LogP contribution in [0.1, 0.15) is 17.3 Å². The van der Waals surface area contributed by atoms with Crippen molar-refractivity contribution in [2.75, 3.05) is 30.5 Å². The van der Waals surface area contributed by atoms with Gasteiger partial charge in [-0.15, -0.1) is 0 Å². The van der Waals surface area contributed by atoms with Crippen LogP contribution >= 0.6 is 12.2 Å². The molecule has 2 aromatic carbocycles. The number of nitrogens with one attached hydrogen (secondary N) is 2. The molecule has 2 aromatic rings. The van der Waals surface area contributed by atoms with Crippen molar-refractivity contribution in [1.29, 1.82) is 0 Å². The van der Waals surface area contributed by atoms with Crippen LogP contribution in [0.2, 0.25) is 0 Å². The smallest absolute Gasteiger partial charge is 0.422 e. The van der Waals surface area contributed by atoms with Crippen LogP contribution in [0.4, 0.5) is 42.1 Å². The molecule has 0 atom stereocenters. The van der Waals surface area contributed by atoms with E-state index in [0.717, 1.165) is 18.2 Å². The summed E-state index contributed by atoms with van der Waals surface area (Å²) in [5, 5.41) is 5.26. The molecule has 0 aromatic heterocycles. The standard InChI is InChI=1S/C21H19F7N2O4S/c1-2-32-17(31)12-3-5-13(6-4-12)29-19(35)30-14-7-15(33-10-20(24,25)18(22)23)9-16(8-14)34-11-21(26,27)28/h3-9,18H,2,10-11H2,1H3,(H2,29,30,35). The molecule has 35 heavy (non-hydrogen) atoms. The Morgan fingerprint density at radius 3 is 1.97 bits per heavy atom. The number of hydrogen-bond donors (Lipinski definition) is 2. The van der Waals surface area contributed by atoms with Crippen molar-refractivity contribution < 1.29 is 49.7 Å². The van der Waals surface area contributed by atoms with E-state index in [4.69, 9.17) is 17.0 Å². The summed E-state index contributed by atoms with van der Waals surface area (Å²) in [6.07, 6.45) is -8.70. The van der Waals surface area contributed by atoms with Gasteiger partial charge in [0.2, 0.25) is 0 Å². The Balaban J connectivity index is 2.14. The maximum absolute atomic E-state index is 13.2. The van der Waals surface area contributed by atoms with Crippen LogP contribution in [-0.2, 0) is 4.74 Å². The topological polar surface area (TPSA) is 68.8 Å². The van der Waals surface area contributed by atoms with Crippen molar-refractivity contribution in [3.8, 4) is 11.5 Å². The van der Waals surface area contributed by atoms with Crippen LogP contribution in [0.25, 0.3) is 0 Å². The third kappa shape index (κ3) is 9.47. The van der Waals surface area contributed by atoms with Gasteiger partial charge in [-0.25, -0.2) is 13.6 Å². The van der Waals surface area contributed by atoms with Crippen LogP contribution in [-0.4, -0.2) is 49.4 Å². The van der Waals surface area contributed by atoms with E-state index in [1.165, 1.54) is 24.3 Å².